The Kier molecular flexibility index (Phi) is 4.80. The zero-order valence-electron chi connectivity index (χ0n) is 11.3. The van der Waals surface area contributed by atoms with Gasteiger partial charge < -0.3 is 15.8 Å². The summed E-state index contributed by atoms with van der Waals surface area (Å²) in [5.74, 6) is -0.881. The number of nitrogen functional groups attached to an aromatic ring is 1. The number of carbonyl (C=O) groups is 1. The summed E-state index contributed by atoms with van der Waals surface area (Å²) < 4.78 is 19.6. The molecule has 0 aliphatic carbocycles. The Balaban J connectivity index is 2.02. The molecule has 1 amide bonds. The van der Waals surface area contributed by atoms with E-state index in [0.29, 0.717) is 15.8 Å². The highest BCUT2D eigenvalue weighted by Crippen LogP contribution is 2.23. The molecule has 0 bridgehead atoms. The maximum atomic E-state index is 13.6. The lowest BCUT2D eigenvalue weighted by Gasteiger charge is -2.15. The molecule has 1 atom stereocenters. The van der Waals surface area contributed by atoms with Gasteiger partial charge in [-0.15, -0.1) is 0 Å². The summed E-state index contributed by atoms with van der Waals surface area (Å²) in [5, 5.41) is 2.67. The van der Waals surface area contributed by atoms with Crippen molar-refractivity contribution in [2.24, 2.45) is 0 Å². The van der Waals surface area contributed by atoms with Crippen LogP contribution >= 0.6 is 15.9 Å². The van der Waals surface area contributed by atoms with Gasteiger partial charge in [-0.05, 0) is 49.4 Å². The third kappa shape index (κ3) is 4.19. The van der Waals surface area contributed by atoms with Gasteiger partial charge in [0.2, 0.25) is 0 Å². The van der Waals surface area contributed by atoms with Crippen molar-refractivity contribution in [1.82, 2.24) is 0 Å². The van der Waals surface area contributed by atoms with Crippen LogP contribution in [0.4, 0.5) is 15.8 Å². The van der Waals surface area contributed by atoms with Crippen LogP contribution < -0.4 is 15.8 Å². The van der Waals surface area contributed by atoms with Crippen molar-refractivity contribution >= 4 is 33.2 Å². The van der Waals surface area contributed by atoms with E-state index in [0.717, 1.165) is 0 Å². The van der Waals surface area contributed by atoms with Gasteiger partial charge in [-0.3, -0.25) is 4.79 Å². The minimum absolute atomic E-state index is 0.0179. The van der Waals surface area contributed by atoms with Crippen molar-refractivity contribution in [3.63, 3.8) is 0 Å². The number of halogens is 2. The fourth-order valence-electron chi connectivity index (χ4n) is 1.62. The second kappa shape index (κ2) is 6.58. The Bertz CT molecular complexity index is 647. The number of rotatable bonds is 4. The van der Waals surface area contributed by atoms with Crippen LogP contribution in [-0.2, 0) is 4.79 Å². The largest absolute Gasteiger partial charge is 0.478 e. The van der Waals surface area contributed by atoms with E-state index in [9.17, 15) is 9.18 Å². The number of hydrogen-bond acceptors (Lipinski definition) is 3. The maximum absolute atomic E-state index is 13.6. The van der Waals surface area contributed by atoms with Crippen LogP contribution in [-0.4, -0.2) is 12.0 Å². The number of amides is 1. The lowest BCUT2D eigenvalue weighted by atomic mass is 10.2. The normalized spacial score (nSPS) is 11.8. The lowest BCUT2D eigenvalue weighted by molar-refractivity contribution is -0.122. The Hall–Kier alpha value is -2.08. The van der Waals surface area contributed by atoms with Gasteiger partial charge in [0, 0.05) is 15.8 Å². The number of benzene rings is 2. The van der Waals surface area contributed by atoms with E-state index in [4.69, 9.17) is 10.5 Å². The fraction of sp³-hybridized carbons (Fsp3) is 0.133. The standard InChI is InChI=1S/C15H14BrFN2O2/c1-9(21-14-8-10(16)2-7-13(14)17)15(20)19-12-5-3-11(18)4-6-12/h2-9H,18H2,1H3,(H,19,20). The molecule has 2 aromatic rings. The average Bonchev–Trinajstić information content (AvgIpc) is 2.45. The number of ether oxygens (including phenoxy) is 1. The van der Waals surface area contributed by atoms with Crippen molar-refractivity contribution in [3.05, 3.63) is 52.8 Å². The van der Waals surface area contributed by atoms with Gasteiger partial charge in [0.1, 0.15) is 0 Å². The zero-order valence-corrected chi connectivity index (χ0v) is 12.9. The molecule has 1 unspecified atom stereocenters. The topological polar surface area (TPSA) is 64.3 Å². The van der Waals surface area contributed by atoms with Gasteiger partial charge in [-0.2, -0.15) is 0 Å². The molecule has 0 aromatic heterocycles. The van der Waals surface area contributed by atoms with Crippen molar-refractivity contribution < 1.29 is 13.9 Å². The average molecular weight is 353 g/mol. The first-order chi connectivity index (χ1) is 9.95. The third-order valence-electron chi connectivity index (χ3n) is 2.74. The van der Waals surface area contributed by atoms with E-state index in [1.165, 1.54) is 12.1 Å². The second-order valence-corrected chi connectivity index (χ2v) is 5.36. The van der Waals surface area contributed by atoms with Crippen LogP contribution in [0.2, 0.25) is 0 Å². The summed E-state index contributed by atoms with van der Waals surface area (Å²) in [5.41, 5.74) is 6.77. The Morgan fingerprint density at radius 3 is 2.62 bits per heavy atom. The highest BCUT2D eigenvalue weighted by atomic mass is 79.9. The van der Waals surface area contributed by atoms with Gasteiger partial charge in [-0.1, -0.05) is 15.9 Å². The summed E-state index contributed by atoms with van der Waals surface area (Å²) in [6, 6.07) is 11.0. The fourth-order valence-corrected chi connectivity index (χ4v) is 1.96. The van der Waals surface area contributed by atoms with Gasteiger partial charge in [0.15, 0.2) is 17.7 Å². The molecule has 3 N–H and O–H groups in total. The number of nitrogens with one attached hydrogen (secondary N) is 1. The quantitative estimate of drug-likeness (QED) is 0.826. The number of anilines is 2. The summed E-state index contributed by atoms with van der Waals surface area (Å²) in [6.07, 6.45) is -0.841. The zero-order chi connectivity index (χ0) is 15.4. The van der Waals surface area contributed by atoms with E-state index in [-0.39, 0.29) is 11.7 Å². The van der Waals surface area contributed by atoms with Crippen LogP contribution in [0.3, 0.4) is 0 Å². The molecular weight excluding hydrogens is 339 g/mol. The predicted octanol–water partition coefficient (Wildman–Crippen LogP) is 3.58. The molecule has 2 aromatic carbocycles. The Morgan fingerprint density at radius 1 is 1.29 bits per heavy atom. The monoisotopic (exact) mass is 352 g/mol. The van der Waals surface area contributed by atoms with Gasteiger partial charge in [0.05, 0.1) is 0 Å². The molecule has 6 heteroatoms. The van der Waals surface area contributed by atoms with Crippen LogP contribution in [0.1, 0.15) is 6.92 Å². The summed E-state index contributed by atoms with van der Waals surface area (Å²) in [6.45, 7) is 1.55. The molecule has 0 saturated heterocycles. The van der Waals surface area contributed by atoms with Gasteiger partial charge >= 0.3 is 0 Å². The molecule has 0 aliphatic heterocycles. The van der Waals surface area contributed by atoms with E-state index in [1.807, 2.05) is 0 Å². The maximum Gasteiger partial charge on any atom is 0.265 e. The molecule has 110 valence electrons. The number of hydrogen-bond donors (Lipinski definition) is 2. The lowest BCUT2D eigenvalue weighted by Crippen LogP contribution is -2.30. The Labute approximate surface area is 130 Å². The summed E-state index contributed by atoms with van der Waals surface area (Å²) >= 11 is 3.22. The molecular formula is C15H14BrFN2O2. The molecule has 4 nitrogen and oxygen atoms in total. The molecule has 0 fully saturated rings. The minimum atomic E-state index is -0.841. The van der Waals surface area contributed by atoms with E-state index >= 15 is 0 Å². The third-order valence-corrected chi connectivity index (χ3v) is 3.24. The first-order valence-electron chi connectivity index (χ1n) is 6.24. The molecule has 0 radical (unpaired) electrons. The number of nitrogens with two attached hydrogens (primary N) is 1. The van der Waals surface area contributed by atoms with Crippen molar-refractivity contribution in [2.75, 3.05) is 11.1 Å². The highest BCUT2D eigenvalue weighted by molar-refractivity contribution is 9.10. The molecule has 0 aliphatic rings. The molecule has 21 heavy (non-hydrogen) atoms. The van der Waals surface area contributed by atoms with Gasteiger partial charge in [-0.25, -0.2) is 4.39 Å². The Morgan fingerprint density at radius 2 is 1.95 bits per heavy atom. The highest BCUT2D eigenvalue weighted by Gasteiger charge is 2.17. The van der Waals surface area contributed by atoms with Crippen LogP contribution in [0.15, 0.2) is 46.9 Å². The summed E-state index contributed by atoms with van der Waals surface area (Å²) in [4.78, 5) is 12.0. The predicted molar refractivity (Wildman–Crippen MR) is 83.7 cm³/mol. The van der Waals surface area contributed by atoms with Crippen molar-refractivity contribution in [1.29, 1.82) is 0 Å². The smallest absolute Gasteiger partial charge is 0.265 e. The van der Waals surface area contributed by atoms with E-state index in [1.54, 1.807) is 37.3 Å². The first kappa shape index (κ1) is 15.3. The van der Waals surface area contributed by atoms with Crippen LogP contribution in [0, 0.1) is 5.82 Å². The molecule has 0 heterocycles. The minimum Gasteiger partial charge on any atom is -0.478 e. The first-order valence-corrected chi connectivity index (χ1v) is 7.03. The van der Waals surface area contributed by atoms with Crippen LogP contribution in [0.25, 0.3) is 0 Å². The molecule has 0 saturated carbocycles. The van der Waals surface area contributed by atoms with Crippen molar-refractivity contribution in [2.45, 2.75) is 13.0 Å². The van der Waals surface area contributed by atoms with E-state index < -0.39 is 11.9 Å². The van der Waals surface area contributed by atoms with Crippen molar-refractivity contribution in [3.8, 4) is 5.75 Å². The summed E-state index contributed by atoms with van der Waals surface area (Å²) in [7, 11) is 0. The molecule has 2 rings (SSSR count). The number of carbonyl (C=O) groups excluding carboxylic acids is 1. The molecule has 0 spiro atoms. The van der Waals surface area contributed by atoms with E-state index in [2.05, 4.69) is 21.2 Å². The van der Waals surface area contributed by atoms with Crippen LogP contribution in [0.5, 0.6) is 5.75 Å². The van der Waals surface area contributed by atoms with Gasteiger partial charge in [0.25, 0.3) is 5.91 Å². The second-order valence-electron chi connectivity index (χ2n) is 4.45. The SMILES string of the molecule is CC(Oc1cc(Br)ccc1F)C(=O)Nc1ccc(N)cc1.